The first-order valence-electron chi connectivity index (χ1n) is 28.7. The van der Waals surface area contributed by atoms with Crippen molar-refractivity contribution in [3.63, 3.8) is 0 Å². The Balaban J connectivity index is 4.51. The van der Waals surface area contributed by atoms with Crippen molar-refractivity contribution in [3.05, 3.63) is 97.2 Å². The first kappa shape index (κ1) is 65.3. The fourth-order valence-corrected chi connectivity index (χ4v) is 7.79. The molecule has 0 aromatic rings. The van der Waals surface area contributed by atoms with E-state index in [-0.39, 0.29) is 37.5 Å². The predicted octanol–water partition coefficient (Wildman–Crippen LogP) is 19.3. The molecule has 0 aliphatic carbocycles. The van der Waals surface area contributed by atoms with E-state index in [1.807, 2.05) is 6.08 Å². The van der Waals surface area contributed by atoms with E-state index in [9.17, 15) is 14.4 Å². The van der Waals surface area contributed by atoms with Gasteiger partial charge in [-0.1, -0.05) is 253 Å². The van der Waals surface area contributed by atoms with Gasteiger partial charge in [0.05, 0.1) is 0 Å². The number of esters is 3. The molecule has 0 saturated heterocycles. The highest BCUT2D eigenvalue weighted by atomic mass is 16.6. The highest BCUT2D eigenvalue weighted by Crippen LogP contribution is 2.15. The van der Waals surface area contributed by atoms with Crippen LogP contribution in [0.4, 0.5) is 0 Å². The Morgan fingerprint density at radius 3 is 1.00 bits per heavy atom. The maximum absolute atomic E-state index is 12.9. The van der Waals surface area contributed by atoms with E-state index >= 15 is 0 Å². The minimum atomic E-state index is -0.812. The van der Waals surface area contributed by atoms with Gasteiger partial charge >= 0.3 is 17.9 Å². The lowest BCUT2D eigenvalue weighted by Gasteiger charge is -2.18. The van der Waals surface area contributed by atoms with Crippen LogP contribution in [0.2, 0.25) is 0 Å². The van der Waals surface area contributed by atoms with E-state index in [1.165, 1.54) is 128 Å². The number of carbonyl (C=O) groups excluding carboxylic acids is 3. The fourth-order valence-electron chi connectivity index (χ4n) is 7.79. The third-order valence-corrected chi connectivity index (χ3v) is 12.1. The summed E-state index contributed by atoms with van der Waals surface area (Å²) in [5.74, 6) is -0.993. The summed E-state index contributed by atoms with van der Waals surface area (Å²) in [5.41, 5.74) is 0. The molecule has 6 heteroatoms. The topological polar surface area (TPSA) is 78.9 Å². The predicted molar refractivity (Wildman–Crippen MR) is 297 cm³/mol. The van der Waals surface area contributed by atoms with Gasteiger partial charge in [-0.2, -0.15) is 0 Å². The average Bonchev–Trinajstić information content (AvgIpc) is 3.35. The smallest absolute Gasteiger partial charge is 0.306 e. The molecule has 0 heterocycles. The first-order chi connectivity index (χ1) is 34.0. The van der Waals surface area contributed by atoms with E-state index in [4.69, 9.17) is 14.2 Å². The zero-order valence-electron chi connectivity index (χ0n) is 45.0. The summed E-state index contributed by atoms with van der Waals surface area (Å²) in [6, 6.07) is 0. The zero-order chi connectivity index (χ0) is 50.0. The number of hydrogen-bond donors (Lipinski definition) is 0. The number of hydrogen-bond acceptors (Lipinski definition) is 6. The molecule has 394 valence electrons. The van der Waals surface area contributed by atoms with Gasteiger partial charge < -0.3 is 14.2 Å². The number of ether oxygens (including phenoxy) is 3. The van der Waals surface area contributed by atoms with Crippen LogP contribution in [0.3, 0.4) is 0 Å². The molecule has 0 N–H and O–H groups in total. The van der Waals surface area contributed by atoms with Crippen molar-refractivity contribution in [3.8, 4) is 0 Å². The van der Waals surface area contributed by atoms with Crippen molar-refractivity contribution < 1.29 is 28.6 Å². The quantitative estimate of drug-likeness (QED) is 0.0262. The summed E-state index contributed by atoms with van der Waals surface area (Å²) in [5, 5.41) is 0. The minimum absolute atomic E-state index is 0.102. The van der Waals surface area contributed by atoms with Crippen LogP contribution < -0.4 is 0 Å². The lowest BCUT2D eigenvalue weighted by molar-refractivity contribution is -0.166. The summed E-state index contributed by atoms with van der Waals surface area (Å²) >= 11 is 0. The number of allylic oxidation sites excluding steroid dienone is 16. The SMILES string of the molecule is CC/C=C\C/C=C\C/C=C\C/C=C\C/C=C\C/C=C\CCC(=O)OC[C@H](COC(=O)CCCCCCCCCCCCCCCCC)OC(=O)CCCCCCCCC/C=C\C/C=C\CCCCC. The summed E-state index contributed by atoms with van der Waals surface area (Å²) in [6.07, 6.45) is 75.5. The maximum Gasteiger partial charge on any atom is 0.306 e. The molecule has 0 fully saturated rings. The molecule has 0 saturated carbocycles. The molecule has 0 spiro atoms. The Morgan fingerprint density at radius 2 is 0.594 bits per heavy atom. The van der Waals surface area contributed by atoms with E-state index in [2.05, 4.69) is 112 Å². The zero-order valence-corrected chi connectivity index (χ0v) is 45.0. The second-order valence-electron chi connectivity index (χ2n) is 18.8. The molecule has 6 nitrogen and oxygen atoms in total. The molecule has 69 heavy (non-hydrogen) atoms. The lowest BCUT2D eigenvalue weighted by Crippen LogP contribution is -2.30. The lowest BCUT2D eigenvalue weighted by atomic mass is 10.0. The van der Waals surface area contributed by atoms with Crippen LogP contribution in [-0.2, 0) is 28.6 Å². The molecule has 0 aliphatic rings. The molecular formula is C63H106O6. The summed E-state index contributed by atoms with van der Waals surface area (Å²) < 4.78 is 16.8. The molecule has 0 amide bonds. The summed E-state index contributed by atoms with van der Waals surface area (Å²) in [4.78, 5) is 38.1. The fraction of sp³-hybridized carbons (Fsp3) is 0.698. The highest BCUT2D eigenvalue weighted by Gasteiger charge is 2.19. The van der Waals surface area contributed by atoms with Crippen LogP contribution in [-0.4, -0.2) is 37.2 Å². The Bertz CT molecular complexity index is 1380. The molecule has 0 bridgehead atoms. The van der Waals surface area contributed by atoms with Gasteiger partial charge in [0.1, 0.15) is 13.2 Å². The van der Waals surface area contributed by atoms with E-state index in [0.29, 0.717) is 19.3 Å². The summed E-state index contributed by atoms with van der Waals surface area (Å²) in [7, 11) is 0. The normalized spacial score (nSPS) is 12.8. The molecule has 0 aromatic heterocycles. The van der Waals surface area contributed by atoms with Gasteiger partial charge in [0.25, 0.3) is 0 Å². The van der Waals surface area contributed by atoms with Gasteiger partial charge in [-0.25, -0.2) is 0 Å². The van der Waals surface area contributed by atoms with Crippen molar-refractivity contribution in [1.29, 1.82) is 0 Å². The van der Waals surface area contributed by atoms with Gasteiger partial charge in [-0.05, 0) is 89.9 Å². The molecule has 0 aromatic carbocycles. The maximum atomic E-state index is 12.9. The van der Waals surface area contributed by atoms with Gasteiger partial charge in [-0.3, -0.25) is 14.4 Å². The molecule has 0 aliphatic heterocycles. The van der Waals surface area contributed by atoms with Gasteiger partial charge in [0.15, 0.2) is 6.10 Å². The third kappa shape index (κ3) is 55.1. The highest BCUT2D eigenvalue weighted by molar-refractivity contribution is 5.71. The van der Waals surface area contributed by atoms with Gasteiger partial charge in [0.2, 0.25) is 0 Å². The third-order valence-electron chi connectivity index (χ3n) is 12.1. The van der Waals surface area contributed by atoms with E-state index < -0.39 is 6.10 Å². The molecule has 0 unspecified atom stereocenters. The van der Waals surface area contributed by atoms with Crippen LogP contribution in [0.5, 0.6) is 0 Å². The Hall–Kier alpha value is -3.67. The van der Waals surface area contributed by atoms with E-state index in [1.54, 1.807) is 0 Å². The van der Waals surface area contributed by atoms with Crippen molar-refractivity contribution in [1.82, 2.24) is 0 Å². The van der Waals surface area contributed by atoms with Gasteiger partial charge in [-0.15, -0.1) is 0 Å². The van der Waals surface area contributed by atoms with Crippen LogP contribution in [0.25, 0.3) is 0 Å². The molecule has 0 radical (unpaired) electrons. The van der Waals surface area contributed by atoms with Crippen molar-refractivity contribution in [2.45, 2.75) is 271 Å². The summed E-state index contributed by atoms with van der Waals surface area (Å²) in [6.45, 7) is 6.44. The van der Waals surface area contributed by atoms with Crippen molar-refractivity contribution in [2.75, 3.05) is 13.2 Å². The van der Waals surface area contributed by atoms with Crippen LogP contribution in [0.15, 0.2) is 97.2 Å². The molecule has 1 atom stereocenters. The average molecular weight is 960 g/mol. The Kier molecular flexibility index (Phi) is 53.9. The first-order valence-corrected chi connectivity index (χ1v) is 28.7. The van der Waals surface area contributed by atoms with Crippen molar-refractivity contribution in [2.24, 2.45) is 0 Å². The van der Waals surface area contributed by atoms with Crippen molar-refractivity contribution >= 4 is 17.9 Å². The Morgan fingerprint density at radius 1 is 0.304 bits per heavy atom. The largest absolute Gasteiger partial charge is 0.462 e. The monoisotopic (exact) mass is 959 g/mol. The Labute approximate surface area is 426 Å². The van der Waals surface area contributed by atoms with Crippen LogP contribution in [0, 0.1) is 0 Å². The standard InChI is InChI=1S/C63H106O6/c1-4-7-10-13-16-19-22-25-28-30-31-33-35-38-41-44-47-50-53-56-62(65)68-59-60(58-67-61(64)55-52-49-46-43-40-37-34-27-24-21-18-15-12-9-6-3)69-63(66)57-54-51-48-45-42-39-36-32-29-26-23-20-17-14-11-8-5-2/h7,10,16-17,19-20,25-26,28-29,31,33,38,41,47,50,60H,4-6,8-9,11-15,18,21-24,27,30,32,34-37,39-40,42-46,48-49,51-59H2,1-3H3/b10-7-,19-16-,20-17-,28-25-,29-26-,33-31-,41-38-,50-47-/t60-/m0/s1. The van der Waals surface area contributed by atoms with Crippen LogP contribution in [0.1, 0.15) is 265 Å². The number of carbonyl (C=O) groups is 3. The van der Waals surface area contributed by atoms with E-state index in [0.717, 1.165) is 89.9 Å². The number of rotatable bonds is 51. The second-order valence-corrected chi connectivity index (χ2v) is 18.8. The van der Waals surface area contributed by atoms with Gasteiger partial charge in [0, 0.05) is 19.3 Å². The second kappa shape index (κ2) is 56.9. The minimum Gasteiger partial charge on any atom is -0.462 e. The number of unbranched alkanes of at least 4 members (excludes halogenated alkanes) is 24. The van der Waals surface area contributed by atoms with Crippen LogP contribution >= 0.6 is 0 Å². The molecular weight excluding hydrogens is 853 g/mol. The molecule has 0 rings (SSSR count).